The third-order valence-electron chi connectivity index (χ3n) is 2.22. The number of nitrogens with two attached hydrogens (primary N) is 1. The van der Waals surface area contributed by atoms with Crippen molar-refractivity contribution in [2.75, 3.05) is 0 Å². The van der Waals surface area contributed by atoms with Crippen molar-refractivity contribution in [2.24, 2.45) is 5.73 Å². The standard InChI is InChI=1S/C8H15N/c1-3-7-5-4-6-8(7,2)9/h3H,4-6,9H2,1-2H3/b7-3-. The van der Waals surface area contributed by atoms with E-state index in [-0.39, 0.29) is 5.54 Å². The molecule has 0 spiro atoms. The van der Waals surface area contributed by atoms with Crippen molar-refractivity contribution in [3.05, 3.63) is 11.6 Å². The molecule has 9 heavy (non-hydrogen) atoms. The molecule has 1 aliphatic rings. The van der Waals surface area contributed by atoms with E-state index in [0.29, 0.717) is 0 Å². The lowest BCUT2D eigenvalue weighted by atomic mass is 9.97. The van der Waals surface area contributed by atoms with Gasteiger partial charge in [-0.15, -0.1) is 0 Å². The number of hydrogen-bond donors (Lipinski definition) is 1. The molecule has 0 aromatic rings. The second-order valence-corrected chi connectivity index (χ2v) is 3.08. The first-order chi connectivity index (χ1) is 4.17. The van der Waals surface area contributed by atoms with Crippen LogP contribution in [0.2, 0.25) is 0 Å². The summed E-state index contributed by atoms with van der Waals surface area (Å²) < 4.78 is 0. The Morgan fingerprint density at radius 1 is 1.67 bits per heavy atom. The van der Waals surface area contributed by atoms with Crippen LogP contribution in [0.4, 0.5) is 0 Å². The van der Waals surface area contributed by atoms with Crippen LogP contribution in [0.3, 0.4) is 0 Å². The summed E-state index contributed by atoms with van der Waals surface area (Å²) in [5.74, 6) is 0. The first kappa shape index (κ1) is 6.81. The summed E-state index contributed by atoms with van der Waals surface area (Å²) in [6.45, 7) is 4.20. The molecule has 1 fully saturated rings. The average Bonchev–Trinajstić information content (AvgIpc) is 2.08. The van der Waals surface area contributed by atoms with Crippen molar-refractivity contribution in [1.82, 2.24) is 0 Å². The molecular formula is C8H15N. The van der Waals surface area contributed by atoms with Gasteiger partial charge in [-0.25, -0.2) is 0 Å². The van der Waals surface area contributed by atoms with E-state index in [4.69, 9.17) is 5.73 Å². The van der Waals surface area contributed by atoms with Gasteiger partial charge in [0, 0.05) is 5.54 Å². The smallest absolute Gasteiger partial charge is 0.0340 e. The van der Waals surface area contributed by atoms with Crippen molar-refractivity contribution in [1.29, 1.82) is 0 Å². The van der Waals surface area contributed by atoms with E-state index in [1.807, 2.05) is 0 Å². The van der Waals surface area contributed by atoms with Crippen LogP contribution >= 0.6 is 0 Å². The summed E-state index contributed by atoms with van der Waals surface area (Å²) >= 11 is 0. The average molecular weight is 125 g/mol. The molecule has 1 atom stereocenters. The van der Waals surface area contributed by atoms with Crippen LogP contribution in [0.1, 0.15) is 33.1 Å². The normalized spacial score (nSPS) is 40.1. The third-order valence-corrected chi connectivity index (χ3v) is 2.22. The van der Waals surface area contributed by atoms with E-state index in [1.54, 1.807) is 0 Å². The zero-order valence-electron chi connectivity index (χ0n) is 6.28. The SMILES string of the molecule is C/C=C1/CCCC1(C)N. The second-order valence-electron chi connectivity index (χ2n) is 3.08. The van der Waals surface area contributed by atoms with Crippen molar-refractivity contribution < 1.29 is 0 Å². The summed E-state index contributed by atoms with van der Waals surface area (Å²) in [6.07, 6.45) is 5.80. The van der Waals surface area contributed by atoms with Crippen LogP contribution in [0.25, 0.3) is 0 Å². The number of hydrogen-bond acceptors (Lipinski definition) is 1. The minimum Gasteiger partial charge on any atom is -0.322 e. The molecule has 1 rings (SSSR count). The fraction of sp³-hybridized carbons (Fsp3) is 0.750. The first-order valence-corrected chi connectivity index (χ1v) is 3.61. The number of allylic oxidation sites excluding steroid dienone is 1. The molecule has 1 unspecified atom stereocenters. The Balaban J connectivity index is 2.75. The van der Waals surface area contributed by atoms with Gasteiger partial charge in [-0.05, 0) is 33.1 Å². The highest BCUT2D eigenvalue weighted by atomic mass is 14.7. The Morgan fingerprint density at radius 3 is 2.56 bits per heavy atom. The molecule has 0 aliphatic heterocycles. The molecule has 52 valence electrons. The largest absolute Gasteiger partial charge is 0.322 e. The molecule has 1 saturated carbocycles. The molecule has 2 N–H and O–H groups in total. The minimum absolute atomic E-state index is 0.0226. The molecule has 1 aliphatic carbocycles. The van der Waals surface area contributed by atoms with E-state index in [2.05, 4.69) is 19.9 Å². The summed E-state index contributed by atoms with van der Waals surface area (Å²) in [7, 11) is 0. The highest BCUT2D eigenvalue weighted by Crippen LogP contribution is 2.31. The molecule has 0 aromatic heterocycles. The predicted octanol–water partition coefficient (Wildman–Crippen LogP) is 1.83. The van der Waals surface area contributed by atoms with Crippen molar-refractivity contribution in [2.45, 2.75) is 38.6 Å². The van der Waals surface area contributed by atoms with E-state index in [9.17, 15) is 0 Å². The Morgan fingerprint density at radius 2 is 2.33 bits per heavy atom. The molecule has 0 saturated heterocycles. The maximum absolute atomic E-state index is 5.96. The van der Waals surface area contributed by atoms with E-state index in [1.165, 1.54) is 18.4 Å². The van der Waals surface area contributed by atoms with Crippen LogP contribution in [0, 0.1) is 0 Å². The Bertz CT molecular complexity index is 134. The fourth-order valence-corrected chi connectivity index (χ4v) is 1.57. The summed E-state index contributed by atoms with van der Waals surface area (Å²) in [5, 5.41) is 0. The monoisotopic (exact) mass is 125 g/mol. The Kier molecular flexibility index (Phi) is 1.62. The molecular weight excluding hydrogens is 110 g/mol. The number of rotatable bonds is 0. The molecule has 0 bridgehead atoms. The first-order valence-electron chi connectivity index (χ1n) is 3.61. The Hall–Kier alpha value is -0.300. The lowest BCUT2D eigenvalue weighted by Gasteiger charge is -2.18. The van der Waals surface area contributed by atoms with Crippen molar-refractivity contribution in [3.8, 4) is 0 Å². The fourth-order valence-electron chi connectivity index (χ4n) is 1.57. The van der Waals surface area contributed by atoms with Crippen LogP contribution in [0.15, 0.2) is 11.6 Å². The van der Waals surface area contributed by atoms with Gasteiger partial charge >= 0.3 is 0 Å². The minimum atomic E-state index is 0.0226. The lowest BCUT2D eigenvalue weighted by molar-refractivity contribution is 0.563. The summed E-state index contributed by atoms with van der Waals surface area (Å²) in [6, 6.07) is 0. The van der Waals surface area contributed by atoms with E-state index >= 15 is 0 Å². The predicted molar refractivity (Wildman–Crippen MR) is 40.2 cm³/mol. The van der Waals surface area contributed by atoms with Crippen LogP contribution in [-0.2, 0) is 0 Å². The summed E-state index contributed by atoms with van der Waals surface area (Å²) in [5.41, 5.74) is 7.42. The van der Waals surface area contributed by atoms with Crippen molar-refractivity contribution >= 4 is 0 Å². The third kappa shape index (κ3) is 1.16. The van der Waals surface area contributed by atoms with Crippen LogP contribution in [-0.4, -0.2) is 5.54 Å². The van der Waals surface area contributed by atoms with Gasteiger partial charge in [0.2, 0.25) is 0 Å². The molecule has 1 heteroatoms. The van der Waals surface area contributed by atoms with Crippen LogP contribution in [0.5, 0.6) is 0 Å². The summed E-state index contributed by atoms with van der Waals surface area (Å²) in [4.78, 5) is 0. The van der Waals surface area contributed by atoms with Gasteiger partial charge < -0.3 is 5.73 Å². The van der Waals surface area contributed by atoms with E-state index in [0.717, 1.165) is 6.42 Å². The second kappa shape index (κ2) is 2.14. The highest BCUT2D eigenvalue weighted by molar-refractivity contribution is 5.21. The van der Waals surface area contributed by atoms with Gasteiger partial charge in [0.05, 0.1) is 0 Å². The molecule has 0 amide bonds. The quantitative estimate of drug-likeness (QED) is 0.491. The lowest BCUT2D eigenvalue weighted by Crippen LogP contribution is -2.33. The van der Waals surface area contributed by atoms with Gasteiger partial charge in [0.1, 0.15) is 0 Å². The topological polar surface area (TPSA) is 26.0 Å². The molecule has 0 radical (unpaired) electrons. The zero-order chi connectivity index (χ0) is 6.91. The molecule has 0 heterocycles. The van der Waals surface area contributed by atoms with Gasteiger partial charge in [-0.3, -0.25) is 0 Å². The van der Waals surface area contributed by atoms with Crippen LogP contribution < -0.4 is 5.73 Å². The molecule has 1 nitrogen and oxygen atoms in total. The Labute approximate surface area is 56.9 Å². The van der Waals surface area contributed by atoms with Gasteiger partial charge in [0.25, 0.3) is 0 Å². The van der Waals surface area contributed by atoms with Gasteiger partial charge in [0.15, 0.2) is 0 Å². The maximum Gasteiger partial charge on any atom is 0.0340 e. The zero-order valence-corrected chi connectivity index (χ0v) is 6.28. The van der Waals surface area contributed by atoms with E-state index < -0.39 is 0 Å². The molecule has 0 aromatic carbocycles. The van der Waals surface area contributed by atoms with Gasteiger partial charge in [-0.2, -0.15) is 0 Å². The highest BCUT2D eigenvalue weighted by Gasteiger charge is 2.27. The maximum atomic E-state index is 5.96. The van der Waals surface area contributed by atoms with Gasteiger partial charge in [-0.1, -0.05) is 11.6 Å². The van der Waals surface area contributed by atoms with Crippen molar-refractivity contribution in [3.63, 3.8) is 0 Å².